The Balaban J connectivity index is 1.58. The smallest absolute Gasteiger partial charge is 0.280 e. The molecule has 0 atom stereocenters. The van der Waals surface area contributed by atoms with Crippen molar-refractivity contribution in [1.29, 1.82) is 0 Å². The van der Waals surface area contributed by atoms with E-state index < -0.39 is 0 Å². The maximum atomic E-state index is 5.53. The topological polar surface area (TPSA) is 65.0 Å². The van der Waals surface area contributed by atoms with Gasteiger partial charge in [-0.1, -0.05) is 42.8 Å². The van der Waals surface area contributed by atoms with Gasteiger partial charge in [0.15, 0.2) is 11.6 Å². The monoisotopic (exact) mass is 295 g/mol. The Morgan fingerprint density at radius 2 is 1.95 bits per heavy atom. The van der Waals surface area contributed by atoms with Gasteiger partial charge in [-0.25, -0.2) is 4.98 Å². The van der Waals surface area contributed by atoms with E-state index in [4.69, 9.17) is 8.94 Å². The van der Waals surface area contributed by atoms with Gasteiger partial charge in [-0.3, -0.25) is 0 Å². The zero-order chi connectivity index (χ0) is 14.9. The number of nitrogens with zero attached hydrogens (tertiary/aromatic N) is 3. The van der Waals surface area contributed by atoms with Crippen LogP contribution in [0.2, 0.25) is 0 Å². The molecule has 22 heavy (non-hydrogen) atoms. The van der Waals surface area contributed by atoms with Crippen LogP contribution in [0.25, 0.3) is 23.0 Å². The van der Waals surface area contributed by atoms with Gasteiger partial charge in [-0.2, -0.15) is 4.98 Å². The zero-order valence-electron chi connectivity index (χ0n) is 12.5. The second-order valence-corrected chi connectivity index (χ2v) is 5.67. The average molecular weight is 295 g/mol. The lowest BCUT2D eigenvalue weighted by Crippen LogP contribution is -2.08. The highest BCUT2D eigenvalue weighted by Crippen LogP contribution is 2.36. The van der Waals surface area contributed by atoms with Crippen molar-refractivity contribution < 1.29 is 8.94 Å². The Kier molecular flexibility index (Phi) is 3.25. The van der Waals surface area contributed by atoms with Gasteiger partial charge in [0.1, 0.15) is 6.26 Å². The van der Waals surface area contributed by atoms with Gasteiger partial charge in [0.05, 0.1) is 0 Å². The largest absolute Gasteiger partial charge is 0.448 e. The number of aryl methyl sites for hydroxylation is 1. The molecule has 3 aromatic rings. The normalized spacial score (nSPS) is 15.0. The molecule has 1 aromatic carbocycles. The van der Waals surface area contributed by atoms with Crippen LogP contribution in [-0.2, 0) is 6.42 Å². The molecule has 1 aliphatic rings. The highest BCUT2D eigenvalue weighted by atomic mass is 16.5. The minimum Gasteiger partial charge on any atom is -0.448 e. The van der Waals surface area contributed by atoms with E-state index in [1.54, 1.807) is 6.26 Å². The molecule has 1 saturated carbocycles. The number of aromatic nitrogens is 3. The SMILES string of the molecule is CCc1ccc(-c2noc(-c3coc(C4CCC4)n3)n2)cc1. The lowest BCUT2D eigenvalue weighted by Gasteiger charge is -2.21. The fourth-order valence-corrected chi connectivity index (χ4v) is 2.56. The predicted octanol–water partition coefficient (Wildman–Crippen LogP) is 4.22. The summed E-state index contributed by atoms with van der Waals surface area (Å²) < 4.78 is 10.9. The number of hydrogen-bond acceptors (Lipinski definition) is 5. The molecule has 4 rings (SSSR count). The fraction of sp³-hybridized carbons (Fsp3) is 0.353. The van der Waals surface area contributed by atoms with Crippen molar-refractivity contribution in [3.63, 3.8) is 0 Å². The second kappa shape index (κ2) is 5.40. The molecule has 0 aliphatic heterocycles. The molecule has 1 aliphatic carbocycles. The summed E-state index contributed by atoms with van der Waals surface area (Å²) in [5.74, 6) is 2.22. The molecule has 0 spiro atoms. The van der Waals surface area contributed by atoms with Gasteiger partial charge < -0.3 is 8.94 Å². The molecule has 1 fully saturated rings. The van der Waals surface area contributed by atoms with Crippen LogP contribution in [0.15, 0.2) is 39.5 Å². The van der Waals surface area contributed by atoms with Crippen molar-refractivity contribution in [2.45, 2.75) is 38.5 Å². The van der Waals surface area contributed by atoms with Gasteiger partial charge in [-0.15, -0.1) is 0 Å². The van der Waals surface area contributed by atoms with E-state index in [1.165, 1.54) is 12.0 Å². The quantitative estimate of drug-likeness (QED) is 0.721. The molecule has 0 unspecified atom stereocenters. The van der Waals surface area contributed by atoms with E-state index in [2.05, 4.69) is 34.2 Å². The molecular formula is C17H17N3O2. The Morgan fingerprint density at radius 1 is 1.14 bits per heavy atom. The van der Waals surface area contributed by atoms with Crippen molar-refractivity contribution in [3.05, 3.63) is 42.0 Å². The van der Waals surface area contributed by atoms with E-state index in [1.807, 2.05) is 12.1 Å². The molecule has 0 saturated heterocycles. The van der Waals surface area contributed by atoms with Crippen LogP contribution in [0.3, 0.4) is 0 Å². The van der Waals surface area contributed by atoms with Gasteiger partial charge in [-0.05, 0) is 24.8 Å². The maximum absolute atomic E-state index is 5.53. The molecule has 2 heterocycles. The van der Waals surface area contributed by atoms with Crippen molar-refractivity contribution in [2.75, 3.05) is 0 Å². The van der Waals surface area contributed by atoms with Crippen LogP contribution < -0.4 is 0 Å². The van der Waals surface area contributed by atoms with Crippen LogP contribution in [-0.4, -0.2) is 15.1 Å². The Labute approximate surface area is 128 Å². The first-order valence-corrected chi connectivity index (χ1v) is 7.72. The predicted molar refractivity (Wildman–Crippen MR) is 81.2 cm³/mol. The third-order valence-electron chi connectivity index (χ3n) is 4.24. The summed E-state index contributed by atoms with van der Waals surface area (Å²) in [6.45, 7) is 2.13. The number of rotatable bonds is 4. The Hall–Kier alpha value is -2.43. The summed E-state index contributed by atoms with van der Waals surface area (Å²) in [6.07, 6.45) is 6.17. The molecule has 112 valence electrons. The highest BCUT2D eigenvalue weighted by molar-refractivity contribution is 5.57. The fourth-order valence-electron chi connectivity index (χ4n) is 2.56. The lowest BCUT2D eigenvalue weighted by atomic mass is 9.85. The molecular weight excluding hydrogens is 278 g/mol. The number of benzene rings is 1. The minimum atomic E-state index is 0.406. The van der Waals surface area contributed by atoms with Gasteiger partial charge in [0.2, 0.25) is 5.82 Å². The van der Waals surface area contributed by atoms with E-state index in [0.29, 0.717) is 23.3 Å². The zero-order valence-corrected chi connectivity index (χ0v) is 12.5. The van der Waals surface area contributed by atoms with Crippen LogP contribution in [0.4, 0.5) is 0 Å². The van der Waals surface area contributed by atoms with Crippen LogP contribution in [0, 0.1) is 0 Å². The Morgan fingerprint density at radius 3 is 2.64 bits per heavy atom. The van der Waals surface area contributed by atoms with Gasteiger partial charge in [0, 0.05) is 11.5 Å². The molecule has 0 radical (unpaired) electrons. The third kappa shape index (κ3) is 2.32. The summed E-state index contributed by atoms with van der Waals surface area (Å²) in [6, 6.07) is 8.18. The lowest BCUT2D eigenvalue weighted by molar-refractivity contribution is 0.335. The van der Waals surface area contributed by atoms with Crippen molar-refractivity contribution in [2.24, 2.45) is 0 Å². The molecule has 5 heteroatoms. The molecule has 0 amide bonds. The van der Waals surface area contributed by atoms with E-state index in [9.17, 15) is 0 Å². The summed E-state index contributed by atoms with van der Waals surface area (Å²) in [7, 11) is 0. The first kappa shape index (κ1) is 13.2. The summed E-state index contributed by atoms with van der Waals surface area (Å²) in [4.78, 5) is 8.90. The van der Waals surface area contributed by atoms with Crippen LogP contribution in [0.5, 0.6) is 0 Å². The van der Waals surface area contributed by atoms with Crippen LogP contribution >= 0.6 is 0 Å². The molecule has 5 nitrogen and oxygen atoms in total. The molecule has 0 bridgehead atoms. The average Bonchev–Trinajstić information content (AvgIpc) is 3.14. The maximum Gasteiger partial charge on any atom is 0.280 e. The van der Waals surface area contributed by atoms with Crippen molar-refractivity contribution in [3.8, 4) is 23.0 Å². The first-order chi connectivity index (χ1) is 10.8. The third-order valence-corrected chi connectivity index (χ3v) is 4.24. The van der Waals surface area contributed by atoms with Crippen molar-refractivity contribution >= 4 is 0 Å². The minimum absolute atomic E-state index is 0.406. The van der Waals surface area contributed by atoms with Crippen molar-refractivity contribution in [1.82, 2.24) is 15.1 Å². The molecule has 0 N–H and O–H groups in total. The number of hydrogen-bond donors (Lipinski definition) is 0. The van der Waals surface area contributed by atoms with E-state index >= 15 is 0 Å². The van der Waals surface area contributed by atoms with Gasteiger partial charge in [0.25, 0.3) is 5.89 Å². The Bertz CT molecular complexity index is 769. The van der Waals surface area contributed by atoms with Gasteiger partial charge >= 0.3 is 0 Å². The standard InChI is InChI=1S/C17H17N3O2/c1-2-11-6-8-12(9-7-11)15-19-17(22-20-15)14-10-21-16(18-14)13-4-3-5-13/h6-10,13H,2-5H2,1H3. The van der Waals surface area contributed by atoms with Crippen LogP contribution in [0.1, 0.15) is 43.6 Å². The summed E-state index contributed by atoms with van der Waals surface area (Å²) >= 11 is 0. The highest BCUT2D eigenvalue weighted by Gasteiger charge is 2.25. The van der Waals surface area contributed by atoms with E-state index in [-0.39, 0.29) is 0 Å². The first-order valence-electron chi connectivity index (χ1n) is 7.72. The van der Waals surface area contributed by atoms with E-state index in [0.717, 1.165) is 30.7 Å². The molecule has 2 aromatic heterocycles. The summed E-state index contributed by atoms with van der Waals surface area (Å²) in [5, 5.41) is 4.04. The summed E-state index contributed by atoms with van der Waals surface area (Å²) in [5.41, 5.74) is 2.84. The number of oxazole rings is 1. The second-order valence-electron chi connectivity index (χ2n) is 5.67.